The third kappa shape index (κ3) is 3.17. The van der Waals surface area contributed by atoms with Crippen molar-refractivity contribution in [2.75, 3.05) is 6.61 Å². The van der Waals surface area contributed by atoms with E-state index in [1.807, 2.05) is 75.4 Å². The fraction of sp³-hybridized carbons (Fsp3) is 0.263. The van der Waals surface area contributed by atoms with Crippen LogP contribution in [0.5, 0.6) is 0 Å². The summed E-state index contributed by atoms with van der Waals surface area (Å²) in [4.78, 5) is 17.0. The normalized spacial score (nSPS) is 11.6. The van der Waals surface area contributed by atoms with E-state index in [-0.39, 0.29) is 5.97 Å². The lowest BCUT2D eigenvalue weighted by molar-refractivity contribution is -0.145. The SMILES string of the molecule is CCOC(=O)C(C)(C)Sc1nc2ccccc2n1-c1ccccc1. The van der Waals surface area contributed by atoms with Gasteiger partial charge in [-0.3, -0.25) is 9.36 Å². The lowest BCUT2D eigenvalue weighted by Gasteiger charge is -2.21. The van der Waals surface area contributed by atoms with Gasteiger partial charge in [0.2, 0.25) is 0 Å². The monoisotopic (exact) mass is 340 g/mol. The molecule has 0 aliphatic carbocycles. The van der Waals surface area contributed by atoms with Gasteiger partial charge in [0.25, 0.3) is 0 Å². The Morgan fingerprint density at radius 3 is 2.50 bits per heavy atom. The first-order valence-corrected chi connectivity index (χ1v) is 8.73. The zero-order valence-corrected chi connectivity index (χ0v) is 14.8. The fourth-order valence-electron chi connectivity index (χ4n) is 2.47. The Morgan fingerprint density at radius 1 is 1.12 bits per heavy atom. The molecule has 24 heavy (non-hydrogen) atoms. The van der Waals surface area contributed by atoms with Crippen LogP contribution in [0, 0.1) is 0 Å². The molecule has 2 aromatic carbocycles. The molecular formula is C19H20N2O2S. The molecule has 0 saturated heterocycles. The fourth-order valence-corrected chi connectivity index (χ4v) is 3.51. The van der Waals surface area contributed by atoms with Crippen LogP contribution in [0.25, 0.3) is 16.7 Å². The van der Waals surface area contributed by atoms with Crippen LogP contribution in [0.4, 0.5) is 0 Å². The first kappa shape index (κ1) is 16.6. The van der Waals surface area contributed by atoms with Crippen molar-refractivity contribution >= 4 is 28.8 Å². The van der Waals surface area contributed by atoms with Crippen molar-refractivity contribution in [3.8, 4) is 5.69 Å². The van der Waals surface area contributed by atoms with E-state index in [0.29, 0.717) is 6.61 Å². The average molecular weight is 340 g/mol. The van der Waals surface area contributed by atoms with E-state index in [9.17, 15) is 4.79 Å². The summed E-state index contributed by atoms with van der Waals surface area (Å²) in [6, 6.07) is 18.0. The van der Waals surface area contributed by atoms with Crippen LogP contribution in [-0.2, 0) is 9.53 Å². The minimum Gasteiger partial charge on any atom is -0.465 e. The molecule has 4 nitrogen and oxygen atoms in total. The zero-order valence-electron chi connectivity index (χ0n) is 14.0. The lowest BCUT2D eigenvalue weighted by atomic mass is 10.2. The summed E-state index contributed by atoms with van der Waals surface area (Å²) in [5.74, 6) is -0.235. The van der Waals surface area contributed by atoms with Crippen molar-refractivity contribution in [3.05, 3.63) is 54.6 Å². The number of hydrogen-bond donors (Lipinski definition) is 0. The Morgan fingerprint density at radius 2 is 1.79 bits per heavy atom. The maximum Gasteiger partial charge on any atom is 0.322 e. The maximum atomic E-state index is 12.3. The molecule has 3 aromatic rings. The van der Waals surface area contributed by atoms with E-state index in [4.69, 9.17) is 9.72 Å². The first-order chi connectivity index (χ1) is 11.5. The smallest absolute Gasteiger partial charge is 0.322 e. The molecule has 0 N–H and O–H groups in total. The van der Waals surface area contributed by atoms with Gasteiger partial charge in [-0.05, 0) is 45.0 Å². The molecule has 0 atom stereocenters. The molecule has 124 valence electrons. The van der Waals surface area contributed by atoms with Gasteiger partial charge >= 0.3 is 5.97 Å². The number of esters is 1. The summed E-state index contributed by atoms with van der Waals surface area (Å²) in [5.41, 5.74) is 2.95. The molecule has 0 aliphatic heterocycles. The van der Waals surface area contributed by atoms with Gasteiger partial charge in [0.05, 0.1) is 17.6 Å². The van der Waals surface area contributed by atoms with E-state index < -0.39 is 4.75 Å². The van der Waals surface area contributed by atoms with Gasteiger partial charge in [0.1, 0.15) is 4.75 Å². The molecule has 0 amide bonds. The molecule has 5 heteroatoms. The van der Waals surface area contributed by atoms with Gasteiger partial charge in [-0.15, -0.1) is 0 Å². The van der Waals surface area contributed by atoms with Crippen LogP contribution in [0.15, 0.2) is 59.8 Å². The molecule has 0 fully saturated rings. The number of aromatic nitrogens is 2. The highest BCUT2D eigenvalue weighted by Gasteiger charge is 2.33. The van der Waals surface area contributed by atoms with Crippen LogP contribution in [0.2, 0.25) is 0 Å². The number of carbonyl (C=O) groups excluding carboxylic acids is 1. The highest BCUT2D eigenvalue weighted by atomic mass is 32.2. The van der Waals surface area contributed by atoms with Crippen LogP contribution in [0.3, 0.4) is 0 Å². The van der Waals surface area contributed by atoms with Crippen molar-refractivity contribution in [2.24, 2.45) is 0 Å². The minimum atomic E-state index is -0.718. The predicted octanol–water partition coefficient (Wildman–Crippen LogP) is 4.46. The largest absolute Gasteiger partial charge is 0.465 e. The Labute approximate surface area is 145 Å². The zero-order chi connectivity index (χ0) is 17.2. The van der Waals surface area contributed by atoms with E-state index >= 15 is 0 Å². The molecule has 3 rings (SSSR count). The summed E-state index contributed by atoms with van der Waals surface area (Å²) in [5, 5.41) is 0.778. The van der Waals surface area contributed by atoms with Crippen LogP contribution >= 0.6 is 11.8 Å². The molecule has 0 saturated carbocycles. The number of thioether (sulfide) groups is 1. The summed E-state index contributed by atoms with van der Waals surface area (Å²) >= 11 is 1.42. The van der Waals surface area contributed by atoms with Gasteiger partial charge in [0, 0.05) is 5.69 Å². The third-order valence-corrected chi connectivity index (χ3v) is 4.79. The van der Waals surface area contributed by atoms with E-state index in [0.717, 1.165) is 21.9 Å². The number of nitrogens with zero attached hydrogens (tertiary/aromatic N) is 2. The molecule has 0 bridgehead atoms. The number of hydrogen-bond acceptors (Lipinski definition) is 4. The Balaban J connectivity index is 2.10. The Hall–Kier alpha value is -2.27. The minimum absolute atomic E-state index is 0.235. The van der Waals surface area contributed by atoms with Crippen molar-refractivity contribution in [1.29, 1.82) is 0 Å². The molecular weight excluding hydrogens is 320 g/mol. The van der Waals surface area contributed by atoms with Crippen LogP contribution < -0.4 is 0 Å². The molecule has 1 heterocycles. The summed E-state index contributed by atoms with van der Waals surface area (Å²) < 4.78 is 6.57. The number of fused-ring (bicyclic) bond motifs is 1. The molecule has 1 aromatic heterocycles. The Bertz CT molecular complexity index is 856. The second-order valence-corrected chi connectivity index (χ2v) is 7.48. The lowest BCUT2D eigenvalue weighted by Crippen LogP contribution is -2.30. The van der Waals surface area contributed by atoms with Gasteiger partial charge in [0.15, 0.2) is 5.16 Å². The number of ether oxygens (including phenoxy) is 1. The van der Waals surface area contributed by atoms with Gasteiger partial charge in [-0.25, -0.2) is 4.98 Å². The first-order valence-electron chi connectivity index (χ1n) is 7.92. The number of rotatable bonds is 5. The Kier molecular flexibility index (Phi) is 4.62. The summed E-state index contributed by atoms with van der Waals surface area (Å²) in [6.45, 7) is 5.92. The van der Waals surface area contributed by atoms with Gasteiger partial charge in [-0.2, -0.15) is 0 Å². The second-order valence-electron chi connectivity index (χ2n) is 5.89. The van der Waals surface area contributed by atoms with Crippen molar-refractivity contribution in [2.45, 2.75) is 30.7 Å². The number of imidazole rings is 1. The van der Waals surface area contributed by atoms with Crippen LogP contribution in [-0.4, -0.2) is 26.9 Å². The number of para-hydroxylation sites is 3. The van der Waals surface area contributed by atoms with E-state index in [1.165, 1.54) is 11.8 Å². The van der Waals surface area contributed by atoms with E-state index in [2.05, 4.69) is 4.57 Å². The summed E-state index contributed by atoms with van der Waals surface area (Å²) in [7, 11) is 0. The van der Waals surface area contributed by atoms with Crippen molar-refractivity contribution < 1.29 is 9.53 Å². The van der Waals surface area contributed by atoms with Crippen molar-refractivity contribution in [3.63, 3.8) is 0 Å². The van der Waals surface area contributed by atoms with Gasteiger partial charge in [-0.1, -0.05) is 42.1 Å². The molecule has 0 unspecified atom stereocenters. The third-order valence-electron chi connectivity index (χ3n) is 3.66. The quantitative estimate of drug-likeness (QED) is 0.508. The number of carbonyl (C=O) groups is 1. The maximum absolute atomic E-state index is 12.3. The second kappa shape index (κ2) is 6.69. The number of benzene rings is 2. The van der Waals surface area contributed by atoms with Crippen molar-refractivity contribution in [1.82, 2.24) is 9.55 Å². The highest BCUT2D eigenvalue weighted by molar-refractivity contribution is 8.01. The highest BCUT2D eigenvalue weighted by Crippen LogP contribution is 2.36. The average Bonchev–Trinajstić information content (AvgIpc) is 2.93. The predicted molar refractivity (Wildman–Crippen MR) is 97.6 cm³/mol. The molecule has 0 spiro atoms. The van der Waals surface area contributed by atoms with E-state index in [1.54, 1.807) is 0 Å². The van der Waals surface area contributed by atoms with Crippen LogP contribution in [0.1, 0.15) is 20.8 Å². The molecule has 0 aliphatic rings. The molecule has 0 radical (unpaired) electrons. The standard InChI is InChI=1S/C19H20N2O2S/c1-4-23-17(22)19(2,3)24-18-20-15-12-8-9-13-16(15)21(18)14-10-6-5-7-11-14/h5-13H,4H2,1-3H3. The van der Waals surface area contributed by atoms with Gasteiger partial charge < -0.3 is 4.74 Å². The summed E-state index contributed by atoms with van der Waals surface area (Å²) in [6.07, 6.45) is 0. The topological polar surface area (TPSA) is 44.1 Å².